The molecule has 142 valence electrons. The van der Waals surface area contributed by atoms with E-state index in [0.29, 0.717) is 22.3 Å². The van der Waals surface area contributed by atoms with Crippen molar-refractivity contribution in [2.45, 2.75) is 13.0 Å². The van der Waals surface area contributed by atoms with Gasteiger partial charge in [0.25, 0.3) is 5.91 Å². The normalized spacial score (nSPS) is 12.1. The first kappa shape index (κ1) is 18.1. The Morgan fingerprint density at radius 3 is 2.71 bits per heavy atom. The molecule has 0 aliphatic heterocycles. The molecule has 1 unspecified atom stereocenters. The SMILES string of the molecule is Cc1sc(-c2ccco2)nc1C(=O)NC(c1ccc(F)cc1)c1nccn1C. The lowest BCUT2D eigenvalue weighted by molar-refractivity contribution is 0.0936. The first-order valence-electron chi connectivity index (χ1n) is 8.58. The highest BCUT2D eigenvalue weighted by Crippen LogP contribution is 2.29. The molecule has 6 nitrogen and oxygen atoms in total. The zero-order valence-corrected chi connectivity index (χ0v) is 16.0. The molecule has 1 N–H and O–H groups in total. The zero-order chi connectivity index (χ0) is 19.7. The van der Waals surface area contributed by atoms with E-state index < -0.39 is 6.04 Å². The lowest BCUT2D eigenvalue weighted by Gasteiger charge is -2.19. The first-order chi connectivity index (χ1) is 13.5. The van der Waals surface area contributed by atoms with Gasteiger partial charge in [0, 0.05) is 24.3 Å². The van der Waals surface area contributed by atoms with Crippen molar-refractivity contribution in [1.82, 2.24) is 19.9 Å². The fraction of sp³-hybridized carbons (Fsp3) is 0.150. The maximum atomic E-state index is 13.4. The summed E-state index contributed by atoms with van der Waals surface area (Å²) >= 11 is 1.39. The molecule has 8 heteroatoms. The minimum atomic E-state index is -0.540. The van der Waals surface area contributed by atoms with Gasteiger partial charge in [0.2, 0.25) is 0 Å². The van der Waals surface area contributed by atoms with Crippen LogP contribution in [0.2, 0.25) is 0 Å². The molecule has 0 saturated carbocycles. The number of imidazole rings is 1. The van der Waals surface area contributed by atoms with Gasteiger partial charge in [-0.1, -0.05) is 12.1 Å². The van der Waals surface area contributed by atoms with E-state index in [1.807, 2.05) is 18.5 Å². The van der Waals surface area contributed by atoms with Crippen molar-refractivity contribution in [1.29, 1.82) is 0 Å². The second-order valence-corrected chi connectivity index (χ2v) is 7.46. The maximum Gasteiger partial charge on any atom is 0.271 e. The van der Waals surface area contributed by atoms with Crippen LogP contribution >= 0.6 is 11.3 Å². The molecule has 4 rings (SSSR count). The number of carbonyl (C=O) groups is 1. The van der Waals surface area contributed by atoms with Crippen LogP contribution in [-0.2, 0) is 7.05 Å². The van der Waals surface area contributed by atoms with Crippen LogP contribution in [-0.4, -0.2) is 20.4 Å². The average Bonchev–Trinajstić information content (AvgIpc) is 3.41. The van der Waals surface area contributed by atoms with Gasteiger partial charge in [0.15, 0.2) is 10.8 Å². The fourth-order valence-electron chi connectivity index (χ4n) is 2.92. The van der Waals surface area contributed by atoms with Gasteiger partial charge in [0.1, 0.15) is 23.4 Å². The highest BCUT2D eigenvalue weighted by molar-refractivity contribution is 7.15. The molecule has 0 aliphatic carbocycles. The number of furan rings is 1. The van der Waals surface area contributed by atoms with Gasteiger partial charge in [-0.25, -0.2) is 14.4 Å². The van der Waals surface area contributed by atoms with Gasteiger partial charge in [-0.3, -0.25) is 4.79 Å². The van der Waals surface area contributed by atoms with Crippen molar-refractivity contribution in [3.63, 3.8) is 0 Å². The van der Waals surface area contributed by atoms with Crippen molar-refractivity contribution in [3.8, 4) is 10.8 Å². The van der Waals surface area contributed by atoms with Crippen LogP contribution in [0.3, 0.4) is 0 Å². The minimum absolute atomic E-state index is 0.330. The van der Waals surface area contributed by atoms with E-state index in [4.69, 9.17) is 4.42 Å². The van der Waals surface area contributed by atoms with Gasteiger partial charge in [0.05, 0.1) is 6.26 Å². The summed E-state index contributed by atoms with van der Waals surface area (Å²) in [6.45, 7) is 1.84. The predicted octanol–water partition coefficient (Wildman–Crippen LogP) is 4.10. The number of thiazole rings is 1. The molecule has 28 heavy (non-hydrogen) atoms. The number of nitrogens with one attached hydrogen (secondary N) is 1. The molecular weight excluding hydrogens is 379 g/mol. The quantitative estimate of drug-likeness (QED) is 0.551. The zero-order valence-electron chi connectivity index (χ0n) is 15.2. The van der Waals surface area contributed by atoms with Crippen molar-refractivity contribution in [2.75, 3.05) is 0 Å². The summed E-state index contributed by atoms with van der Waals surface area (Å²) in [5, 5.41) is 3.62. The minimum Gasteiger partial charge on any atom is -0.462 e. The van der Waals surface area contributed by atoms with Crippen molar-refractivity contribution < 1.29 is 13.6 Å². The third-order valence-electron chi connectivity index (χ3n) is 4.34. The molecule has 1 amide bonds. The smallest absolute Gasteiger partial charge is 0.271 e. The Bertz CT molecular complexity index is 1100. The number of nitrogens with zero attached hydrogens (tertiary/aromatic N) is 3. The third-order valence-corrected chi connectivity index (χ3v) is 5.32. The molecule has 0 bridgehead atoms. The van der Waals surface area contributed by atoms with Crippen LogP contribution in [0.1, 0.15) is 32.8 Å². The van der Waals surface area contributed by atoms with Crippen LogP contribution < -0.4 is 5.32 Å². The number of rotatable bonds is 5. The maximum absolute atomic E-state index is 13.4. The topological polar surface area (TPSA) is 73.0 Å². The Morgan fingerprint density at radius 2 is 2.07 bits per heavy atom. The van der Waals surface area contributed by atoms with Crippen LogP contribution in [0.5, 0.6) is 0 Å². The lowest BCUT2D eigenvalue weighted by Crippen LogP contribution is -2.31. The number of halogens is 1. The number of hydrogen-bond donors (Lipinski definition) is 1. The lowest BCUT2D eigenvalue weighted by atomic mass is 10.1. The van der Waals surface area contributed by atoms with Gasteiger partial charge in [-0.05, 0) is 36.8 Å². The Hall–Kier alpha value is -3.26. The van der Waals surface area contributed by atoms with E-state index >= 15 is 0 Å². The molecule has 3 aromatic heterocycles. The number of hydrogen-bond acceptors (Lipinski definition) is 5. The molecule has 3 heterocycles. The number of amides is 1. The number of carbonyl (C=O) groups excluding carboxylic acids is 1. The van der Waals surface area contributed by atoms with E-state index in [9.17, 15) is 9.18 Å². The first-order valence-corrected chi connectivity index (χ1v) is 9.39. The summed E-state index contributed by atoms with van der Waals surface area (Å²) < 4.78 is 20.6. The summed E-state index contributed by atoms with van der Waals surface area (Å²) in [4.78, 5) is 22.6. The van der Waals surface area contributed by atoms with Crippen molar-refractivity contribution >= 4 is 17.2 Å². The van der Waals surface area contributed by atoms with E-state index in [2.05, 4.69) is 15.3 Å². The molecule has 4 aromatic rings. The van der Waals surface area contributed by atoms with Crippen LogP contribution in [0.25, 0.3) is 10.8 Å². The van der Waals surface area contributed by atoms with Gasteiger partial charge >= 0.3 is 0 Å². The Labute approximate surface area is 164 Å². The van der Waals surface area contributed by atoms with Crippen LogP contribution in [0.15, 0.2) is 59.5 Å². The largest absolute Gasteiger partial charge is 0.462 e. The van der Waals surface area contributed by atoms with Gasteiger partial charge in [-0.2, -0.15) is 0 Å². The van der Waals surface area contributed by atoms with Gasteiger partial charge in [-0.15, -0.1) is 11.3 Å². The molecular formula is C20H17FN4O2S. The monoisotopic (exact) mass is 396 g/mol. The average molecular weight is 396 g/mol. The van der Waals surface area contributed by atoms with Gasteiger partial charge < -0.3 is 14.3 Å². The van der Waals surface area contributed by atoms with Crippen LogP contribution in [0, 0.1) is 12.7 Å². The standard InChI is InChI=1S/C20H17FN4O2S/c1-12-16(24-20(28-12)15-4-3-11-27-15)19(26)23-17(18-22-9-10-25(18)2)13-5-7-14(21)8-6-13/h3-11,17H,1-2H3,(H,23,26). The molecule has 0 aliphatic rings. The second kappa shape index (κ2) is 7.40. The highest BCUT2D eigenvalue weighted by atomic mass is 32.1. The third kappa shape index (κ3) is 3.46. The fourth-order valence-corrected chi connectivity index (χ4v) is 3.80. The number of benzene rings is 1. The molecule has 0 saturated heterocycles. The Kier molecular flexibility index (Phi) is 4.79. The summed E-state index contributed by atoms with van der Waals surface area (Å²) in [5.41, 5.74) is 1.06. The van der Waals surface area contributed by atoms with E-state index in [-0.39, 0.29) is 11.7 Å². The van der Waals surface area contributed by atoms with Crippen LogP contribution in [0.4, 0.5) is 4.39 Å². The van der Waals surface area contributed by atoms with E-state index in [1.54, 1.807) is 42.9 Å². The Balaban J connectivity index is 1.66. The molecule has 0 radical (unpaired) electrons. The van der Waals surface area contributed by atoms with E-state index in [0.717, 1.165) is 10.4 Å². The summed E-state index contributed by atoms with van der Waals surface area (Å²) in [6.07, 6.45) is 5.01. The molecule has 0 fully saturated rings. The molecule has 1 atom stereocenters. The summed E-state index contributed by atoms with van der Waals surface area (Å²) in [5.74, 6) is 0.585. The molecule has 1 aromatic carbocycles. The number of aryl methyl sites for hydroxylation is 2. The van der Waals surface area contributed by atoms with Crippen molar-refractivity contribution in [2.24, 2.45) is 7.05 Å². The Morgan fingerprint density at radius 1 is 1.29 bits per heavy atom. The summed E-state index contributed by atoms with van der Waals surface area (Å²) in [6, 6.07) is 9.03. The highest BCUT2D eigenvalue weighted by Gasteiger charge is 2.24. The summed E-state index contributed by atoms with van der Waals surface area (Å²) in [7, 11) is 1.84. The van der Waals surface area contributed by atoms with E-state index in [1.165, 1.54) is 23.5 Å². The second-order valence-electron chi connectivity index (χ2n) is 6.26. The number of aromatic nitrogens is 3. The molecule has 0 spiro atoms. The van der Waals surface area contributed by atoms with Crippen molar-refractivity contribution in [3.05, 3.63) is 82.8 Å². The predicted molar refractivity (Wildman–Crippen MR) is 103 cm³/mol.